The Hall–Kier alpha value is -1.69. The second-order valence-electron chi connectivity index (χ2n) is 6.86. The van der Waals surface area contributed by atoms with Crippen LogP contribution in [-0.4, -0.2) is 32.7 Å². The van der Waals surface area contributed by atoms with Crippen LogP contribution < -0.4 is 5.32 Å². The maximum atomic E-state index is 12.2. The Labute approximate surface area is 124 Å². The Morgan fingerprint density at radius 3 is 2.48 bits per heavy atom. The van der Waals surface area contributed by atoms with Crippen LogP contribution >= 0.6 is 0 Å². The molecular formula is C15H23N3O3. The van der Waals surface area contributed by atoms with Gasteiger partial charge in [0.05, 0.1) is 18.3 Å². The molecule has 1 aromatic heterocycles. The van der Waals surface area contributed by atoms with Gasteiger partial charge in [-0.15, -0.1) is 0 Å². The average Bonchev–Trinajstić information content (AvgIpc) is 2.76. The number of ketones is 1. The minimum atomic E-state index is -0.706. The van der Waals surface area contributed by atoms with Crippen LogP contribution in [0, 0.1) is 11.3 Å². The minimum absolute atomic E-state index is 0.140. The van der Waals surface area contributed by atoms with E-state index in [0.717, 1.165) is 5.56 Å². The fourth-order valence-electron chi connectivity index (χ4n) is 2.52. The van der Waals surface area contributed by atoms with Gasteiger partial charge in [0.1, 0.15) is 0 Å². The molecule has 1 fully saturated rings. The van der Waals surface area contributed by atoms with Crippen molar-refractivity contribution in [3.8, 4) is 0 Å². The molecular weight excluding hydrogens is 270 g/mol. The highest BCUT2D eigenvalue weighted by molar-refractivity contribution is 6.37. The minimum Gasteiger partial charge on any atom is -0.393 e. The van der Waals surface area contributed by atoms with Crippen LogP contribution in [0.25, 0.3) is 0 Å². The molecule has 1 amide bonds. The summed E-state index contributed by atoms with van der Waals surface area (Å²) >= 11 is 0. The van der Waals surface area contributed by atoms with Crippen molar-refractivity contribution in [1.82, 2.24) is 15.1 Å². The molecule has 1 atom stereocenters. The number of hydrogen-bond donors (Lipinski definition) is 2. The Morgan fingerprint density at radius 2 is 2.05 bits per heavy atom. The SMILES string of the molecule is Cn1cc([C@@H](NC(=O)C(=O)C(C)(C)C)C2CC(O)C2)cn1. The van der Waals surface area contributed by atoms with Crippen molar-refractivity contribution < 1.29 is 14.7 Å². The van der Waals surface area contributed by atoms with Crippen LogP contribution in [0.5, 0.6) is 0 Å². The second kappa shape index (κ2) is 5.60. The first-order chi connectivity index (χ1) is 9.68. The van der Waals surface area contributed by atoms with Crippen LogP contribution in [0.4, 0.5) is 0 Å². The maximum Gasteiger partial charge on any atom is 0.288 e. The third-order valence-electron chi connectivity index (χ3n) is 3.88. The summed E-state index contributed by atoms with van der Waals surface area (Å²) in [5.41, 5.74) is 0.160. The predicted molar refractivity (Wildman–Crippen MR) is 77.3 cm³/mol. The topological polar surface area (TPSA) is 84.2 Å². The molecule has 2 rings (SSSR count). The molecule has 1 aliphatic carbocycles. The molecule has 0 saturated heterocycles. The number of aryl methyl sites for hydroxylation is 1. The van der Waals surface area contributed by atoms with Gasteiger partial charge in [0.2, 0.25) is 5.78 Å². The number of carbonyl (C=O) groups is 2. The van der Waals surface area contributed by atoms with E-state index in [4.69, 9.17) is 0 Å². The number of aliphatic hydroxyl groups excluding tert-OH is 1. The maximum absolute atomic E-state index is 12.2. The van der Waals surface area contributed by atoms with Gasteiger partial charge < -0.3 is 10.4 Å². The molecule has 1 heterocycles. The van der Waals surface area contributed by atoms with Crippen LogP contribution in [0.15, 0.2) is 12.4 Å². The second-order valence-corrected chi connectivity index (χ2v) is 6.86. The number of Topliss-reactive ketones (excluding diaryl/α,β-unsaturated/α-hetero) is 1. The molecule has 1 saturated carbocycles. The molecule has 0 radical (unpaired) electrons. The van der Waals surface area contributed by atoms with Gasteiger partial charge in [-0.3, -0.25) is 14.3 Å². The third-order valence-corrected chi connectivity index (χ3v) is 3.88. The van der Waals surface area contributed by atoms with Crippen LogP contribution in [0.2, 0.25) is 0 Å². The van der Waals surface area contributed by atoms with Crippen molar-refractivity contribution in [3.05, 3.63) is 18.0 Å². The van der Waals surface area contributed by atoms with E-state index in [1.54, 1.807) is 38.7 Å². The van der Waals surface area contributed by atoms with Crippen molar-refractivity contribution in [2.75, 3.05) is 0 Å². The molecule has 0 spiro atoms. The normalized spacial score (nSPS) is 23.3. The lowest BCUT2D eigenvalue weighted by molar-refractivity contribution is -0.143. The Bertz CT molecular complexity index is 539. The molecule has 0 unspecified atom stereocenters. The van der Waals surface area contributed by atoms with Crippen molar-refractivity contribution in [2.45, 2.75) is 45.8 Å². The van der Waals surface area contributed by atoms with Gasteiger partial charge >= 0.3 is 0 Å². The zero-order valence-electron chi connectivity index (χ0n) is 13.0. The summed E-state index contributed by atoms with van der Waals surface area (Å²) in [6.07, 6.45) is 4.46. The highest BCUT2D eigenvalue weighted by atomic mass is 16.3. The standard InChI is InChI=1S/C15H23N3O3/c1-15(2,3)13(20)14(21)17-12(9-5-11(19)6-9)10-7-16-18(4)8-10/h7-9,11-12,19H,5-6H2,1-4H3,(H,17,21)/t9?,11?,12-/m0/s1. The molecule has 1 aromatic rings. The van der Waals surface area contributed by atoms with Gasteiger partial charge in [0.15, 0.2) is 0 Å². The highest BCUT2D eigenvalue weighted by Gasteiger charge is 2.38. The molecule has 2 N–H and O–H groups in total. The van der Waals surface area contributed by atoms with Crippen molar-refractivity contribution in [2.24, 2.45) is 18.4 Å². The predicted octanol–water partition coefficient (Wildman–Crippen LogP) is 0.963. The number of hydrogen-bond acceptors (Lipinski definition) is 4. The zero-order valence-corrected chi connectivity index (χ0v) is 13.0. The lowest BCUT2D eigenvalue weighted by Gasteiger charge is -2.37. The molecule has 1 aliphatic rings. The fourth-order valence-corrected chi connectivity index (χ4v) is 2.52. The molecule has 6 heteroatoms. The van der Waals surface area contributed by atoms with E-state index in [0.29, 0.717) is 12.8 Å². The van der Waals surface area contributed by atoms with Gasteiger partial charge in [-0.2, -0.15) is 5.10 Å². The lowest BCUT2D eigenvalue weighted by atomic mass is 9.75. The van der Waals surface area contributed by atoms with Crippen molar-refractivity contribution in [1.29, 1.82) is 0 Å². The Balaban J connectivity index is 2.13. The summed E-state index contributed by atoms with van der Waals surface area (Å²) in [5.74, 6) is -0.866. The van der Waals surface area contributed by atoms with Crippen molar-refractivity contribution in [3.63, 3.8) is 0 Å². The first kappa shape index (κ1) is 15.7. The van der Waals surface area contributed by atoms with Crippen LogP contribution in [0.1, 0.15) is 45.2 Å². The van der Waals surface area contributed by atoms with Crippen LogP contribution in [-0.2, 0) is 16.6 Å². The van der Waals surface area contributed by atoms with Gasteiger partial charge in [0.25, 0.3) is 5.91 Å². The van der Waals surface area contributed by atoms with E-state index in [9.17, 15) is 14.7 Å². The summed E-state index contributed by atoms with van der Waals surface area (Å²) in [4.78, 5) is 24.2. The molecule has 0 bridgehead atoms. The van der Waals surface area contributed by atoms with E-state index in [1.807, 2.05) is 6.20 Å². The lowest BCUT2D eigenvalue weighted by Crippen LogP contribution is -2.45. The highest BCUT2D eigenvalue weighted by Crippen LogP contribution is 2.38. The summed E-state index contributed by atoms with van der Waals surface area (Å²) < 4.78 is 1.66. The van der Waals surface area contributed by atoms with Crippen LogP contribution in [0.3, 0.4) is 0 Å². The molecule has 6 nitrogen and oxygen atoms in total. The number of amides is 1. The van der Waals surface area contributed by atoms with Gasteiger partial charge in [-0.25, -0.2) is 0 Å². The number of aromatic nitrogens is 2. The first-order valence-corrected chi connectivity index (χ1v) is 7.20. The summed E-state index contributed by atoms with van der Waals surface area (Å²) in [6.45, 7) is 5.17. The fraction of sp³-hybridized carbons (Fsp3) is 0.667. The molecule has 116 valence electrons. The number of nitrogens with zero attached hydrogens (tertiary/aromatic N) is 2. The summed E-state index contributed by atoms with van der Waals surface area (Å²) in [5, 5.41) is 16.4. The number of nitrogens with one attached hydrogen (secondary N) is 1. The van der Waals surface area contributed by atoms with E-state index < -0.39 is 17.1 Å². The molecule has 0 aromatic carbocycles. The summed E-state index contributed by atoms with van der Waals surface area (Å²) in [6, 6.07) is -0.277. The molecule has 21 heavy (non-hydrogen) atoms. The largest absolute Gasteiger partial charge is 0.393 e. The Morgan fingerprint density at radius 1 is 1.43 bits per heavy atom. The third kappa shape index (κ3) is 3.50. The van der Waals surface area contributed by atoms with E-state index in [-0.39, 0.29) is 18.1 Å². The van der Waals surface area contributed by atoms with Gasteiger partial charge in [-0.1, -0.05) is 20.8 Å². The monoisotopic (exact) mass is 293 g/mol. The smallest absolute Gasteiger partial charge is 0.288 e. The van der Waals surface area contributed by atoms with E-state index >= 15 is 0 Å². The Kier molecular flexibility index (Phi) is 4.18. The zero-order chi connectivity index (χ0) is 15.8. The van der Waals surface area contributed by atoms with Gasteiger partial charge in [-0.05, 0) is 18.8 Å². The van der Waals surface area contributed by atoms with E-state index in [2.05, 4.69) is 10.4 Å². The quantitative estimate of drug-likeness (QED) is 0.810. The van der Waals surface area contributed by atoms with Crippen molar-refractivity contribution >= 4 is 11.7 Å². The average molecular weight is 293 g/mol. The summed E-state index contributed by atoms with van der Waals surface area (Å²) in [7, 11) is 1.80. The number of aliphatic hydroxyl groups is 1. The molecule has 0 aliphatic heterocycles. The number of carbonyl (C=O) groups excluding carboxylic acids is 2. The van der Waals surface area contributed by atoms with E-state index in [1.165, 1.54) is 0 Å². The van der Waals surface area contributed by atoms with Gasteiger partial charge in [0, 0.05) is 24.2 Å². The first-order valence-electron chi connectivity index (χ1n) is 7.20. The number of rotatable bonds is 4.